The summed E-state index contributed by atoms with van der Waals surface area (Å²) in [5, 5.41) is 5.32. The van der Waals surface area contributed by atoms with Crippen molar-refractivity contribution < 1.29 is 4.79 Å². The summed E-state index contributed by atoms with van der Waals surface area (Å²) in [6.07, 6.45) is 4.03. The molecule has 1 N–H and O–H groups in total. The summed E-state index contributed by atoms with van der Waals surface area (Å²) >= 11 is 1.75. The smallest absolute Gasteiger partial charge is 0.228 e. The lowest BCUT2D eigenvalue weighted by molar-refractivity contribution is -0.115. The van der Waals surface area contributed by atoms with Gasteiger partial charge in [0, 0.05) is 28.7 Å². The fourth-order valence-electron chi connectivity index (χ4n) is 3.02. The van der Waals surface area contributed by atoms with Crippen molar-refractivity contribution in [1.82, 2.24) is 4.98 Å². The van der Waals surface area contributed by atoms with Crippen LogP contribution in [0.25, 0.3) is 10.8 Å². The zero-order valence-corrected chi connectivity index (χ0v) is 16.2. The minimum absolute atomic E-state index is 0.00829. The van der Waals surface area contributed by atoms with E-state index in [0.717, 1.165) is 27.3 Å². The maximum Gasteiger partial charge on any atom is 0.228 e. The average molecular weight is 385 g/mol. The second-order valence-electron chi connectivity index (χ2n) is 6.58. The zero-order valence-electron chi connectivity index (χ0n) is 15.3. The third-order valence-corrected chi connectivity index (χ3v) is 5.53. The van der Waals surface area contributed by atoms with Gasteiger partial charge in [-0.1, -0.05) is 48.5 Å². The molecular formula is C24H20N2OS. The maximum absolute atomic E-state index is 12.4. The first-order valence-corrected chi connectivity index (χ1v) is 10.1. The van der Waals surface area contributed by atoms with E-state index in [4.69, 9.17) is 0 Å². The standard InChI is InChI=1S/C24H20N2OS/c27-24(15-18-7-8-20-5-1-2-6-21(20)14-18)26-22-9-11-23(12-10-22)28-17-19-4-3-13-25-16-19/h1-14,16H,15,17H2,(H,26,27). The van der Waals surface area contributed by atoms with Crippen molar-refractivity contribution in [2.75, 3.05) is 5.32 Å². The van der Waals surface area contributed by atoms with Crippen molar-refractivity contribution in [3.63, 3.8) is 0 Å². The molecule has 0 aliphatic carbocycles. The molecule has 0 aliphatic heterocycles. The Bertz CT molecular complexity index is 1080. The predicted molar refractivity (Wildman–Crippen MR) is 117 cm³/mol. The predicted octanol–water partition coefficient (Wildman–Crippen LogP) is 5.71. The number of nitrogens with one attached hydrogen (secondary N) is 1. The van der Waals surface area contributed by atoms with Crippen LogP contribution in [0.15, 0.2) is 96.2 Å². The Morgan fingerprint density at radius 2 is 1.68 bits per heavy atom. The van der Waals surface area contributed by atoms with Crippen LogP contribution in [0, 0.1) is 0 Å². The van der Waals surface area contributed by atoms with Crippen molar-refractivity contribution in [3.8, 4) is 0 Å². The normalized spacial score (nSPS) is 10.7. The summed E-state index contributed by atoms with van der Waals surface area (Å²) in [5.74, 6) is 0.868. The lowest BCUT2D eigenvalue weighted by Gasteiger charge is -2.08. The van der Waals surface area contributed by atoms with Crippen LogP contribution in [-0.4, -0.2) is 10.9 Å². The molecule has 0 saturated heterocycles. The molecule has 0 bridgehead atoms. The van der Waals surface area contributed by atoms with Gasteiger partial charge >= 0.3 is 0 Å². The summed E-state index contributed by atoms with van der Waals surface area (Å²) < 4.78 is 0. The molecule has 1 amide bonds. The molecule has 0 radical (unpaired) electrons. The second kappa shape index (κ2) is 8.72. The molecule has 1 heterocycles. The number of carbonyl (C=O) groups is 1. The summed E-state index contributed by atoms with van der Waals surface area (Å²) in [6, 6.07) is 26.3. The minimum atomic E-state index is -0.00829. The lowest BCUT2D eigenvalue weighted by atomic mass is 10.0. The van der Waals surface area contributed by atoms with E-state index in [1.165, 1.54) is 10.9 Å². The number of rotatable bonds is 6. The topological polar surface area (TPSA) is 42.0 Å². The van der Waals surface area contributed by atoms with Gasteiger partial charge in [0.05, 0.1) is 6.42 Å². The molecule has 0 spiro atoms. The Balaban J connectivity index is 1.33. The average Bonchev–Trinajstić information content (AvgIpc) is 2.74. The van der Waals surface area contributed by atoms with Gasteiger partial charge < -0.3 is 5.32 Å². The molecule has 28 heavy (non-hydrogen) atoms. The van der Waals surface area contributed by atoms with Gasteiger partial charge in [-0.2, -0.15) is 0 Å². The van der Waals surface area contributed by atoms with Crippen LogP contribution >= 0.6 is 11.8 Å². The van der Waals surface area contributed by atoms with E-state index in [0.29, 0.717) is 6.42 Å². The Hall–Kier alpha value is -3.11. The van der Waals surface area contributed by atoms with Crippen LogP contribution < -0.4 is 5.32 Å². The Labute approximate surface area is 168 Å². The Kier molecular flexibility index (Phi) is 5.69. The molecule has 4 heteroatoms. The van der Waals surface area contributed by atoms with E-state index in [-0.39, 0.29) is 5.91 Å². The highest BCUT2D eigenvalue weighted by Crippen LogP contribution is 2.24. The van der Waals surface area contributed by atoms with Gasteiger partial charge in [0.1, 0.15) is 0 Å². The molecule has 4 rings (SSSR count). The van der Waals surface area contributed by atoms with Crippen molar-refractivity contribution in [2.45, 2.75) is 17.1 Å². The van der Waals surface area contributed by atoms with E-state index in [9.17, 15) is 4.79 Å². The quantitative estimate of drug-likeness (QED) is 0.433. The number of amides is 1. The van der Waals surface area contributed by atoms with Gasteiger partial charge in [-0.05, 0) is 52.2 Å². The summed E-state index contributed by atoms with van der Waals surface area (Å²) in [4.78, 5) is 17.7. The van der Waals surface area contributed by atoms with E-state index < -0.39 is 0 Å². The van der Waals surface area contributed by atoms with E-state index in [1.54, 1.807) is 18.0 Å². The van der Waals surface area contributed by atoms with Gasteiger partial charge in [0.2, 0.25) is 5.91 Å². The van der Waals surface area contributed by atoms with Crippen LogP contribution in [0.4, 0.5) is 5.69 Å². The summed E-state index contributed by atoms with van der Waals surface area (Å²) in [5.41, 5.74) is 3.02. The van der Waals surface area contributed by atoms with Crippen LogP contribution in [0.2, 0.25) is 0 Å². The van der Waals surface area contributed by atoms with Crippen LogP contribution in [-0.2, 0) is 17.0 Å². The monoisotopic (exact) mass is 384 g/mol. The first-order valence-electron chi connectivity index (χ1n) is 9.15. The minimum Gasteiger partial charge on any atom is -0.326 e. The SMILES string of the molecule is O=C(Cc1ccc2ccccc2c1)Nc1ccc(SCc2cccnc2)cc1. The molecule has 0 atom stereocenters. The summed E-state index contributed by atoms with van der Waals surface area (Å²) in [7, 11) is 0. The molecule has 0 fully saturated rings. The van der Waals surface area contributed by atoms with E-state index in [1.807, 2.05) is 54.7 Å². The lowest BCUT2D eigenvalue weighted by Crippen LogP contribution is -2.14. The van der Waals surface area contributed by atoms with Crippen LogP contribution in [0.5, 0.6) is 0 Å². The van der Waals surface area contributed by atoms with E-state index in [2.05, 4.69) is 40.6 Å². The molecule has 3 nitrogen and oxygen atoms in total. The largest absolute Gasteiger partial charge is 0.326 e. The van der Waals surface area contributed by atoms with Crippen LogP contribution in [0.3, 0.4) is 0 Å². The fourth-order valence-corrected chi connectivity index (χ4v) is 3.86. The molecule has 0 saturated carbocycles. The Morgan fingerprint density at radius 3 is 2.46 bits per heavy atom. The van der Waals surface area contributed by atoms with Crippen molar-refractivity contribution in [3.05, 3.63) is 102 Å². The number of carbonyl (C=O) groups excluding carboxylic acids is 1. The number of hydrogen-bond donors (Lipinski definition) is 1. The number of benzene rings is 3. The van der Waals surface area contributed by atoms with Gasteiger partial charge in [-0.25, -0.2) is 0 Å². The highest BCUT2D eigenvalue weighted by Gasteiger charge is 2.05. The van der Waals surface area contributed by atoms with Crippen molar-refractivity contribution in [1.29, 1.82) is 0 Å². The molecule has 3 aromatic carbocycles. The van der Waals surface area contributed by atoms with Gasteiger partial charge in [-0.15, -0.1) is 11.8 Å². The maximum atomic E-state index is 12.4. The Morgan fingerprint density at radius 1 is 0.857 bits per heavy atom. The zero-order chi connectivity index (χ0) is 19.2. The molecule has 0 aliphatic rings. The molecule has 4 aromatic rings. The molecular weight excluding hydrogens is 364 g/mol. The molecule has 1 aromatic heterocycles. The number of thioether (sulfide) groups is 1. The van der Waals surface area contributed by atoms with Gasteiger partial charge in [0.15, 0.2) is 0 Å². The first kappa shape index (κ1) is 18.3. The second-order valence-corrected chi connectivity index (χ2v) is 7.63. The van der Waals surface area contributed by atoms with Gasteiger partial charge in [0.25, 0.3) is 0 Å². The van der Waals surface area contributed by atoms with Gasteiger partial charge in [-0.3, -0.25) is 9.78 Å². The highest BCUT2D eigenvalue weighted by atomic mass is 32.2. The van der Waals surface area contributed by atoms with Crippen LogP contribution in [0.1, 0.15) is 11.1 Å². The first-order chi connectivity index (χ1) is 13.8. The third-order valence-electron chi connectivity index (χ3n) is 4.44. The highest BCUT2D eigenvalue weighted by molar-refractivity contribution is 7.98. The van der Waals surface area contributed by atoms with Crippen molar-refractivity contribution in [2.24, 2.45) is 0 Å². The van der Waals surface area contributed by atoms with E-state index >= 15 is 0 Å². The number of anilines is 1. The number of hydrogen-bond acceptors (Lipinski definition) is 3. The fraction of sp³-hybridized carbons (Fsp3) is 0.0833. The molecule has 0 unspecified atom stereocenters. The number of pyridine rings is 1. The number of aromatic nitrogens is 1. The molecule has 138 valence electrons. The number of nitrogens with zero attached hydrogens (tertiary/aromatic N) is 1. The number of fused-ring (bicyclic) bond motifs is 1. The third kappa shape index (κ3) is 4.78. The summed E-state index contributed by atoms with van der Waals surface area (Å²) in [6.45, 7) is 0. The van der Waals surface area contributed by atoms with Crippen molar-refractivity contribution >= 4 is 34.1 Å².